The van der Waals surface area contributed by atoms with Gasteiger partial charge in [-0.15, -0.1) is 0 Å². The molecular formula is C13H17N3O3. The first-order valence-corrected chi connectivity index (χ1v) is 6.27. The summed E-state index contributed by atoms with van der Waals surface area (Å²) in [5, 5.41) is 11.7. The highest BCUT2D eigenvalue weighted by molar-refractivity contribution is 5.89. The standard InChI is InChI=1S/C13H17N3O3/c1-9-4-5-11(7-14-9)15-13(19)16-6-2-3-10(8-16)12(17)18/h4-5,7,10H,2-3,6,8H2,1H3,(H,15,19)(H,17,18)/t10-/m1/s1. The summed E-state index contributed by atoms with van der Waals surface area (Å²) >= 11 is 0. The summed E-state index contributed by atoms with van der Waals surface area (Å²) in [6.07, 6.45) is 2.94. The zero-order valence-electron chi connectivity index (χ0n) is 10.8. The van der Waals surface area contributed by atoms with Gasteiger partial charge in [0.15, 0.2) is 0 Å². The number of pyridine rings is 1. The second-order valence-corrected chi connectivity index (χ2v) is 4.74. The first-order chi connectivity index (χ1) is 9.06. The number of carbonyl (C=O) groups is 2. The zero-order chi connectivity index (χ0) is 13.8. The molecule has 2 amide bonds. The molecule has 6 heteroatoms. The molecule has 0 spiro atoms. The van der Waals surface area contributed by atoms with E-state index in [-0.39, 0.29) is 12.6 Å². The molecule has 2 N–H and O–H groups in total. The number of nitrogens with zero attached hydrogens (tertiary/aromatic N) is 2. The van der Waals surface area contributed by atoms with Crippen LogP contribution < -0.4 is 5.32 Å². The monoisotopic (exact) mass is 263 g/mol. The fourth-order valence-corrected chi connectivity index (χ4v) is 2.11. The Morgan fingerprint density at radius 3 is 2.89 bits per heavy atom. The van der Waals surface area contributed by atoms with Crippen molar-refractivity contribution in [2.24, 2.45) is 5.92 Å². The van der Waals surface area contributed by atoms with Crippen LogP contribution in [0.4, 0.5) is 10.5 Å². The summed E-state index contributed by atoms with van der Waals surface area (Å²) in [5.41, 5.74) is 1.50. The van der Waals surface area contributed by atoms with Gasteiger partial charge in [0.2, 0.25) is 0 Å². The van der Waals surface area contributed by atoms with Crippen LogP contribution in [0.15, 0.2) is 18.3 Å². The second kappa shape index (κ2) is 5.69. The number of carbonyl (C=O) groups excluding carboxylic acids is 1. The van der Waals surface area contributed by atoms with Crippen molar-refractivity contribution in [2.75, 3.05) is 18.4 Å². The van der Waals surface area contributed by atoms with Crippen molar-refractivity contribution in [2.45, 2.75) is 19.8 Å². The molecule has 19 heavy (non-hydrogen) atoms. The number of rotatable bonds is 2. The van der Waals surface area contributed by atoms with Crippen LogP contribution in [-0.4, -0.2) is 40.1 Å². The average molecular weight is 263 g/mol. The average Bonchev–Trinajstić information content (AvgIpc) is 2.41. The summed E-state index contributed by atoms with van der Waals surface area (Å²) < 4.78 is 0. The quantitative estimate of drug-likeness (QED) is 0.851. The lowest BCUT2D eigenvalue weighted by atomic mass is 9.99. The number of aryl methyl sites for hydroxylation is 1. The van der Waals surface area contributed by atoms with E-state index in [1.165, 1.54) is 0 Å². The Morgan fingerprint density at radius 2 is 2.26 bits per heavy atom. The van der Waals surface area contributed by atoms with Crippen molar-refractivity contribution in [3.63, 3.8) is 0 Å². The summed E-state index contributed by atoms with van der Waals surface area (Å²) in [6, 6.07) is 3.32. The van der Waals surface area contributed by atoms with Gasteiger partial charge in [-0.2, -0.15) is 0 Å². The molecular weight excluding hydrogens is 246 g/mol. The van der Waals surface area contributed by atoms with Gasteiger partial charge >= 0.3 is 12.0 Å². The Labute approximate surface area is 111 Å². The van der Waals surface area contributed by atoms with Crippen LogP contribution in [0.2, 0.25) is 0 Å². The van der Waals surface area contributed by atoms with Crippen molar-refractivity contribution in [3.05, 3.63) is 24.0 Å². The number of carboxylic acids is 1. The number of amides is 2. The Kier molecular flexibility index (Phi) is 3.99. The van der Waals surface area contributed by atoms with E-state index >= 15 is 0 Å². The number of aromatic nitrogens is 1. The smallest absolute Gasteiger partial charge is 0.321 e. The van der Waals surface area contributed by atoms with Gasteiger partial charge < -0.3 is 15.3 Å². The van der Waals surface area contributed by atoms with Crippen LogP contribution in [0, 0.1) is 12.8 Å². The SMILES string of the molecule is Cc1ccc(NC(=O)N2CCC[C@@H](C(=O)O)C2)cn1. The minimum absolute atomic E-state index is 0.264. The van der Waals surface area contributed by atoms with Crippen LogP contribution in [0.25, 0.3) is 0 Å². The number of likely N-dealkylation sites (tertiary alicyclic amines) is 1. The molecule has 0 unspecified atom stereocenters. The van der Waals surface area contributed by atoms with E-state index in [1.807, 2.05) is 13.0 Å². The molecule has 1 aliphatic rings. The van der Waals surface area contributed by atoms with Crippen molar-refractivity contribution >= 4 is 17.7 Å². The van der Waals surface area contributed by atoms with Crippen LogP contribution in [-0.2, 0) is 4.79 Å². The van der Waals surface area contributed by atoms with Gasteiger partial charge in [0.1, 0.15) is 0 Å². The Bertz CT molecular complexity index is 473. The van der Waals surface area contributed by atoms with E-state index in [1.54, 1.807) is 17.2 Å². The number of piperidine rings is 1. The van der Waals surface area contributed by atoms with E-state index in [9.17, 15) is 9.59 Å². The third-order valence-electron chi connectivity index (χ3n) is 3.22. The van der Waals surface area contributed by atoms with Crippen molar-refractivity contribution in [1.29, 1.82) is 0 Å². The lowest BCUT2D eigenvalue weighted by molar-refractivity contribution is -0.143. The number of nitrogens with one attached hydrogen (secondary N) is 1. The maximum absolute atomic E-state index is 12.0. The summed E-state index contributed by atoms with van der Waals surface area (Å²) in [5.74, 6) is -1.30. The highest BCUT2D eigenvalue weighted by Crippen LogP contribution is 2.17. The fourth-order valence-electron chi connectivity index (χ4n) is 2.11. The molecule has 1 atom stereocenters. The highest BCUT2D eigenvalue weighted by Gasteiger charge is 2.28. The third kappa shape index (κ3) is 3.43. The van der Waals surface area contributed by atoms with Crippen molar-refractivity contribution < 1.29 is 14.7 Å². The molecule has 2 heterocycles. The number of hydrogen-bond acceptors (Lipinski definition) is 3. The molecule has 1 fully saturated rings. The molecule has 1 saturated heterocycles. The van der Waals surface area contributed by atoms with E-state index in [0.29, 0.717) is 18.7 Å². The minimum atomic E-state index is -0.838. The number of hydrogen-bond donors (Lipinski definition) is 2. The van der Waals surface area contributed by atoms with Crippen LogP contribution >= 0.6 is 0 Å². The normalized spacial score (nSPS) is 19.0. The molecule has 102 valence electrons. The van der Waals surface area contributed by atoms with Crippen LogP contribution in [0.3, 0.4) is 0 Å². The van der Waals surface area contributed by atoms with Gasteiger partial charge in [0, 0.05) is 18.8 Å². The highest BCUT2D eigenvalue weighted by atomic mass is 16.4. The predicted octanol–water partition coefficient (Wildman–Crippen LogP) is 1.72. The molecule has 0 radical (unpaired) electrons. The number of aliphatic carboxylic acids is 1. The summed E-state index contributed by atoms with van der Waals surface area (Å²) in [4.78, 5) is 28.6. The molecule has 0 aromatic carbocycles. The fraction of sp³-hybridized carbons (Fsp3) is 0.462. The Balaban J connectivity index is 1.96. The molecule has 0 aliphatic carbocycles. The lowest BCUT2D eigenvalue weighted by Crippen LogP contribution is -2.44. The van der Waals surface area contributed by atoms with Crippen molar-refractivity contribution in [3.8, 4) is 0 Å². The molecule has 0 bridgehead atoms. The molecule has 0 saturated carbocycles. The number of carboxylic acid groups (broad SMARTS) is 1. The zero-order valence-corrected chi connectivity index (χ0v) is 10.8. The van der Waals surface area contributed by atoms with Gasteiger partial charge in [0.25, 0.3) is 0 Å². The van der Waals surface area contributed by atoms with Crippen LogP contribution in [0.1, 0.15) is 18.5 Å². The van der Waals surface area contributed by atoms with E-state index in [0.717, 1.165) is 12.1 Å². The van der Waals surface area contributed by atoms with Crippen molar-refractivity contribution in [1.82, 2.24) is 9.88 Å². The maximum Gasteiger partial charge on any atom is 0.321 e. The predicted molar refractivity (Wildman–Crippen MR) is 69.9 cm³/mol. The van der Waals surface area contributed by atoms with Gasteiger partial charge in [-0.1, -0.05) is 0 Å². The van der Waals surface area contributed by atoms with Gasteiger partial charge in [-0.3, -0.25) is 9.78 Å². The van der Waals surface area contributed by atoms with Crippen LogP contribution in [0.5, 0.6) is 0 Å². The molecule has 6 nitrogen and oxygen atoms in total. The second-order valence-electron chi connectivity index (χ2n) is 4.74. The summed E-state index contributed by atoms with van der Waals surface area (Å²) in [7, 11) is 0. The molecule has 1 aliphatic heterocycles. The summed E-state index contributed by atoms with van der Waals surface area (Å²) in [6.45, 7) is 2.73. The van der Waals surface area contributed by atoms with E-state index < -0.39 is 11.9 Å². The maximum atomic E-state index is 12.0. The lowest BCUT2D eigenvalue weighted by Gasteiger charge is -2.30. The van der Waals surface area contributed by atoms with Gasteiger partial charge in [-0.05, 0) is 31.9 Å². The first kappa shape index (κ1) is 13.3. The van der Waals surface area contributed by atoms with Gasteiger partial charge in [0.05, 0.1) is 17.8 Å². The molecule has 1 aromatic heterocycles. The Morgan fingerprint density at radius 1 is 1.47 bits per heavy atom. The minimum Gasteiger partial charge on any atom is -0.481 e. The van der Waals surface area contributed by atoms with E-state index in [2.05, 4.69) is 10.3 Å². The van der Waals surface area contributed by atoms with E-state index in [4.69, 9.17) is 5.11 Å². The third-order valence-corrected chi connectivity index (χ3v) is 3.22. The van der Waals surface area contributed by atoms with Gasteiger partial charge in [-0.25, -0.2) is 4.79 Å². The Hall–Kier alpha value is -2.11. The molecule has 2 rings (SSSR count). The number of urea groups is 1. The largest absolute Gasteiger partial charge is 0.481 e. The first-order valence-electron chi connectivity index (χ1n) is 6.27. The number of anilines is 1. The molecule has 1 aromatic rings. The topological polar surface area (TPSA) is 82.5 Å².